The second-order valence-corrected chi connectivity index (χ2v) is 4.35. The zero-order chi connectivity index (χ0) is 13.2. The third kappa shape index (κ3) is 2.38. The smallest absolute Gasteiger partial charge is 0.133 e. The maximum absolute atomic E-state index is 13.9. The van der Waals surface area contributed by atoms with Crippen LogP contribution in [0.3, 0.4) is 0 Å². The van der Waals surface area contributed by atoms with Gasteiger partial charge in [-0.05, 0) is 31.2 Å². The van der Waals surface area contributed by atoms with Crippen molar-refractivity contribution in [3.63, 3.8) is 0 Å². The Morgan fingerprint density at radius 3 is 2.72 bits per heavy atom. The molecule has 2 rings (SSSR count). The molecule has 1 aromatic heterocycles. The minimum Gasteiger partial charge on any atom is -0.496 e. The van der Waals surface area contributed by atoms with E-state index in [4.69, 9.17) is 9.15 Å². The third-order valence-electron chi connectivity index (χ3n) is 2.83. The Balaban J connectivity index is 2.40. The second-order valence-electron chi connectivity index (χ2n) is 4.35. The van der Waals surface area contributed by atoms with Gasteiger partial charge in [-0.3, -0.25) is 0 Å². The number of ether oxygens (including phenoxy) is 1. The number of hydrogen-bond acceptors (Lipinski definition) is 3. The van der Waals surface area contributed by atoms with Gasteiger partial charge in [-0.1, -0.05) is 6.07 Å². The lowest BCUT2D eigenvalue weighted by atomic mass is 9.90. The topological polar surface area (TPSA) is 42.6 Å². The van der Waals surface area contributed by atoms with Crippen LogP contribution in [-0.4, -0.2) is 12.2 Å². The summed E-state index contributed by atoms with van der Waals surface area (Å²) in [6.45, 7) is 1.54. The standard InChI is InChI=1S/C14H15FO3/c1-14(16,9-10-5-4-8-18-10)13-11(15)6-3-7-12(13)17-2/h3-8,16H,9H2,1-2H3. The molecule has 0 aliphatic rings. The molecule has 1 unspecified atom stereocenters. The van der Waals surface area contributed by atoms with E-state index in [1.807, 2.05) is 0 Å². The van der Waals surface area contributed by atoms with Crippen molar-refractivity contribution in [2.75, 3.05) is 7.11 Å². The minimum atomic E-state index is -1.39. The number of rotatable bonds is 4. The third-order valence-corrected chi connectivity index (χ3v) is 2.83. The van der Waals surface area contributed by atoms with Crippen molar-refractivity contribution < 1.29 is 18.7 Å². The van der Waals surface area contributed by atoms with Gasteiger partial charge in [0.15, 0.2) is 0 Å². The number of furan rings is 1. The highest BCUT2D eigenvalue weighted by molar-refractivity contribution is 5.39. The Hall–Kier alpha value is -1.81. The number of benzene rings is 1. The molecule has 1 atom stereocenters. The van der Waals surface area contributed by atoms with Crippen molar-refractivity contribution in [2.45, 2.75) is 18.9 Å². The zero-order valence-electron chi connectivity index (χ0n) is 10.3. The molecule has 0 bridgehead atoms. The van der Waals surface area contributed by atoms with E-state index < -0.39 is 11.4 Å². The number of aliphatic hydroxyl groups is 1. The molecule has 1 heterocycles. The second kappa shape index (κ2) is 4.82. The van der Waals surface area contributed by atoms with Gasteiger partial charge in [-0.2, -0.15) is 0 Å². The summed E-state index contributed by atoms with van der Waals surface area (Å²) in [6.07, 6.45) is 1.70. The van der Waals surface area contributed by atoms with Crippen molar-refractivity contribution in [2.24, 2.45) is 0 Å². The first kappa shape index (κ1) is 12.6. The van der Waals surface area contributed by atoms with E-state index in [-0.39, 0.29) is 12.0 Å². The van der Waals surface area contributed by atoms with E-state index in [1.54, 1.807) is 24.3 Å². The van der Waals surface area contributed by atoms with E-state index in [2.05, 4.69) is 0 Å². The summed E-state index contributed by atoms with van der Waals surface area (Å²) in [5, 5.41) is 10.5. The average molecular weight is 250 g/mol. The summed E-state index contributed by atoms with van der Waals surface area (Å²) >= 11 is 0. The maximum Gasteiger partial charge on any atom is 0.133 e. The van der Waals surface area contributed by atoms with Crippen LogP contribution in [0, 0.1) is 5.82 Å². The van der Waals surface area contributed by atoms with Crippen LogP contribution in [0.2, 0.25) is 0 Å². The van der Waals surface area contributed by atoms with Crippen LogP contribution in [0.4, 0.5) is 4.39 Å². The van der Waals surface area contributed by atoms with Crippen LogP contribution in [0.5, 0.6) is 5.75 Å². The zero-order valence-corrected chi connectivity index (χ0v) is 10.3. The molecule has 3 nitrogen and oxygen atoms in total. The predicted molar refractivity (Wildman–Crippen MR) is 64.9 cm³/mol. The van der Waals surface area contributed by atoms with Gasteiger partial charge in [-0.15, -0.1) is 0 Å². The van der Waals surface area contributed by atoms with Crippen molar-refractivity contribution in [1.82, 2.24) is 0 Å². The molecule has 1 aromatic carbocycles. The highest BCUT2D eigenvalue weighted by atomic mass is 19.1. The van der Waals surface area contributed by atoms with E-state index in [0.717, 1.165) is 0 Å². The van der Waals surface area contributed by atoms with Crippen molar-refractivity contribution in [1.29, 1.82) is 0 Å². The lowest BCUT2D eigenvalue weighted by Crippen LogP contribution is -2.26. The summed E-state index contributed by atoms with van der Waals surface area (Å²) in [4.78, 5) is 0. The summed E-state index contributed by atoms with van der Waals surface area (Å²) < 4.78 is 24.2. The van der Waals surface area contributed by atoms with E-state index >= 15 is 0 Å². The molecule has 0 aliphatic carbocycles. The van der Waals surface area contributed by atoms with Gasteiger partial charge in [-0.25, -0.2) is 4.39 Å². The Labute approximate surface area is 105 Å². The molecule has 0 saturated heterocycles. The Kier molecular flexibility index (Phi) is 3.39. The van der Waals surface area contributed by atoms with Gasteiger partial charge in [0.2, 0.25) is 0 Å². The first-order valence-corrected chi connectivity index (χ1v) is 5.62. The molecule has 96 valence electrons. The number of methoxy groups -OCH3 is 1. The van der Waals surface area contributed by atoms with E-state index in [1.165, 1.54) is 26.4 Å². The van der Waals surface area contributed by atoms with Crippen LogP contribution in [-0.2, 0) is 12.0 Å². The molecule has 2 aromatic rings. The molecular weight excluding hydrogens is 235 g/mol. The molecular formula is C14H15FO3. The SMILES string of the molecule is COc1cccc(F)c1C(C)(O)Cc1ccco1. The van der Waals surface area contributed by atoms with Gasteiger partial charge in [0, 0.05) is 6.42 Å². The Bertz CT molecular complexity index is 518. The van der Waals surface area contributed by atoms with Crippen LogP contribution in [0.1, 0.15) is 18.2 Å². The van der Waals surface area contributed by atoms with Crippen molar-refractivity contribution in [3.8, 4) is 5.75 Å². The van der Waals surface area contributed by atoms with Gasteiger partial charge in [0.1, 0.15) is 22.9 Å². The molecule has 0 aliphatic heterocycles. The van der Waals surface area contributed by atoms with Crippen molar-refractivity contribution in [3.05, 3.63) is 53.7 Å². The quantitative estimate of drug-likeness (QED) is 0.907. The Morgan fingerprint density at radius 2 is 2.11 bits per heavy atom. The van der Waals surface area contributed by atoms with E-state index in [9.17, 15) is 9.50 Å². The van der Waals surface area contributed by atoms with Gasteiger partial charge in [0.25, 0.3) is 0 Å². The fourth-order valence-corrected chi connectivity index (χ4v) is 2.04. The van der Waals surface area contributed by atoms with Crippen LogP contribution in [0.15, 0.2) is 41.0 Å². The summed E-state index contributed by atoms with van der Waals surface area (Å²) in [6, 6.07) is 7.93. The maximum atomic E-state index is 13.9. The molecule has 0 spiro atoms. The van der Waals surface area contributed by atoms with E-state index in [0.29, 0.717) is 11.5 Å². The lowest BCUT2D eigenvalue weighted by molar-refractivity contribution is 0.0457. The molecule has 0 amide bonds. The minimum absolute atomic E-state index is 0.143. The first-order valence-electron chi connectivity index (χ1n) is 5.62. The van der Waals surface area contributed by atoms with Gasteiger partial charge >= 0.3 is 0 Å². The van der Waals surface area contributed by atoms with Crippen LogP contribution >= 0.6 is 0 Å². The molecule has 0 fully saturated rings. The monoisotopic (exact) mass is 250 g/mol. The lowest BCUT2D eigenvalue weighted by Gasteiger charge is -2.25. The Morgan fingerprint density at radius 1 is 1.33 bits per heavy atom. The molecule has 18 heavy (non-hydrogen) atoms. The summed E-state index contributed by atoms with van der Waals surface area (Å²) in [5.41, 5.74) is -1.25. The van der Waals surface area contributed by atoms with Crippen LogP contribution in [0.25, 0.3) is 0 Å². The van der Waals surface area contributed by atoms with Gasteiger partial charge < -0.3 is 14.3 Å². The number of halogens is 1. The molecule has 1 N–H and O–H groups in total. The molecule has 0 radical (unpaired) electrons. The first-order chi connectivity index (χ1) is 8.54. The molecule has 4 heteroatoms. The summed E-state index contributed by atoms with van der Waals surface area (Å²) in [5.74, 6) is 0.419. The number of hydrogen-bond donors (Lipinski definition) is 1. The van der Waals surface area contributed by atoms with Gasteiger partial charge in [0.05, 0.1) is 18.9 Å². The predicted octanol–water partition coefficient (Wildman–Crippen LogP) is 2.88. The largest absolute Gasteiger partial charge is 0.496 e. The average Bonchev–Trinajstić information content (AvgIpc) is 2.80. The molecule has 0 saturated carbocycles. The highest BCUT2D eigenvalue weighted by Crippen LogP contribution is 2.34. The summed E-state index contributed by atoms with van der Waals surface area (Å²) in [7, 11) is 1.45. The van der Waals surface area contributed by atoms with Crippen LogP contribution < -0.4 is 4.74 Å². The fraction of sp³-hybridized carbons (Fsp3) is 0.286. The van der Waals surface area contributed by atoms with Crippen molar-refractivity contribution >= 4 is 0 Å². The normalized spacial score (nSPS) is 14.2. The highest BCUT2D eigenvalue weighted by Gasteiger charge is 2.31. The fourth-order valence-electron chi connectivity index (χ4n) is 2.04.